The molecule has 90 valence electrons. The van der Waals surface area contributed by atoms with E-state index in [2.05, 4.69) is 4.98 Å². The molecule has 0 aliphatic rings. The van der Waals surface area contributed by atoms with E-state index in [1.807, 2.05) is 25.1 Å². The molecule has 1 heterocycles. The number of hydrogen-bond donors (Lipinski definition) is 1. The maximum Gasteiger partial charge on any atom is 0.166 e. The van der Waals surface area contributed by atoms with Crippen molar-refractivity contribution < 1.29 is 9.53 Å². The van der Waals surface area contributed by atoms with Gasteiger partial charge in [0.2, 0.25) is 0 Å². The summed E-state index contributed by atoms with van der Waals surface area (Å²) in [6.07, 6.45) is 2.09. The van der Waals surface area contributed by atoms with Crippen molar-refractivity contribution in [1.82, 2.24) is 4.98 Å². The number of hydrogen-bond acceptors (Lipinski definition) is 2. The first-order chi connectivity index (χ1) is 8.26. The highest BCUT2D eigenvalue weighted by Gasteiger charge is 2.11. The van der Waals surface area contributed by atoms with Crippen LogP contribution in [0.15, 0.2) is 24.4 Å². The third kappa shape index (κ3) is 2.44. The maximum atomic E-state index is 11.8. The number of alkyl halides is 1. The van der Waals surface area contributed by atoms with Crippen LogP contribution >= 0.6 is 11.6 Å². The Balaban J connectivity index is 2.42. The number of ketones is 1. The van der Waals surface area contributed by atoms with Crippen molar-refractivity contribution in [1.29, 1.82) is 0 Å². The first kappa shape index (κ1) is 12.0. The number of halogens is 1. The largest absolute Gasteiger partial charge is 0.494 e. The zero-order chi connectivity index (χ0) is 12.3. The van der Waals surface area contributed by atoms with Gasteiger partial charge in [0.05, 0.1) is 6.61 Å². The second-order valence-electron chi connectivity index (χ2n) is 3.70. The average Bonchev–Trinajstić information content (AvgIpc) is 2.73. The molecule has 1 aromatic heterocycles. The van der Waals surface area contributed by atoms with Gasteiger partial charge in [-0.3, -0.25) is 4.79 Å². The molecule has 0 fully saturated rings. The summed E-state index contributed by atoms with van der Waals surface area (Å²) in [6.45, 7) is 2.54. The molecule has 1 N–H and O–H groups in total. The van der Waals surface area contributed by atoms with Gasteiger partial charge in [0.25, 0.3) is 0 Å². The number of H-pyrrole nitrogens is 1. The van der Waals surface area contributed by atoms with Gasteiger partial charge in [-0.25, -0.2) is 0 Å². The second-order valence-corrected chi connectivity index (χ2v) is 4.08. The van der Waals surface area contributed by atoms with Crippen LogP contribution in [0, 0.1) is 0 Å². The molecule has 1 aromatic carbocycles. The molecule has 0 saturated heterocycles. The van der Waals surface area contributed by atoms with Crippen molar-refractivity contribution in [2.45, 2.75) is 13.3 Å². The molecule has 0 bridgehead atoms. The number of fused-ring (bicyclic) bond motifs is 1. The topological polar surface area (TPSA) is 42.1 Å². The van der Waals surface area contributed by atoms with Crippen molar-refractivity contribution in [2.75, 3.05) is 12.5 Å². The third-order valence-corrected chi connectivity index (χ3v) is 2.78. The van der Waals surface area contributed by atoms with Crippen molar-refractivity contribution in [3.05, 3.63) is 30.0 Å². The summed E-state index contributed by atoms with van der Waals surface area (Å²) in [5, 5.41) is 0.895. The van der Waals surface area contributed by atoms with Crippen LogP contribution < -0.4 is 4.74 Å². The van der Waals surface area contributed by atoms with Crippen LogP contribution in [0.3, 0.4) is 0 Å². The maximum absolute atomic E-state index is 11.8. The van der Waals surface area contributed by atoms with Crippen LogP contribution in [0.2, 0.25) is 0 Å². The molecule has 0 aliphatic heterocycles. The fourth-order valence-corrected chi connectivity index (χ4v) is 1.98. The number of aromatic amines is 1. The summed E-state index contributed by atoms with van der Waals surface area (Å²) in [6, 6.07) is 5.69. The van der Waals surface area contributed by atoms with E-state index in [-0.39, 0.29) is 5.78 Å². The minimum Gasteiger partial charge on any atom is -0.494 e. The molecule has 0 atom stereocenters. The fraction of sp³-hybridized carbons (Fsp3) is 0.308. The lowest BCUT2D eigenvalue weighted by molar-refractivity contribution is 0.0991. The SMILES string of the molecule is CCOc1ccc2[nH]cc(C(=O)CCCl)c2c1. The van der Waals surface area contributed by atoms with Gasteiger partial charge >= 0.3 is 0 Å². The quantitative estimate of drug-likeness (QED) is 0.654. The zero-order valence-electron chi connectivity index (χ0n) is 9.63. The normalized spacial score (nSPS) is 10.7. The van der Waals surface area contributed by atoms with Gasteiger partial charge in [0.1, 0.15) is 5.75 Å². The third-order valence-electron chi connectivity index (χ3n) is 2.59. The van der Waals surface area contributed by atoms with E-state index in [4.69, 9.17) is 16.3 Å². The highest BCUT2D eigenvalue weighted by Crippen LogP contribution is 2.24. The Labute approximate surface area is 105 Å². The average molecular weight is 252 g/mol. The lowest BCUT2D eigenvalue weighted by Gasteiger charge is -2.03. The Kier molecular flexibility index (Phi) is 3.69. The summed E-state index contributed by atoms with van der Waals surface area (Å²) in [7, 11) is 0. The van der Waals surface area contributed by atoms with Gasteiger partial charge in [0.15, 0.2) is 5.78 Å². The van der Waals surface area contributed by atoms with Gasteiger partial charge in [-0.1, -0.05) is 0 Å². The Morgan fingerprint density at radius 3 is 3.00 bits per heavy atom. The van der Waals surface area contributed by atoms with Crippen LogP contribution in [0.25, 0.3) is 10.9 Å². The number of ether oxygens (including phenoxy) is 1. The van der Waals surface area contributed by atoms with E-state index >= 15 is 0 Å². The lowest BCUT2D eigenvalue weighted by atomic mass is 10.1. The molecule has 3 nitrogen and oxygen atoms in total. The Hall–Kier alpha value is -1.48. The van der Waals surface area contributed by atoms with Gasteiger partial charge in [0, 0.05) is 35.0 Å². The molecule has 2 rings (SSSR count). The van der Waals surface area contributed by atoms with Crippen molar-refractivity contribution in [2.24, 2.45) is 0 Å². The number of rotatable bonds is 5. The summed E-state index contributed by atoms with van der Waals surface area (Å²) >= 11 is 5.59. The van der Waals surface area contributed by atoms with Gasteiger partial charge in [-0.15, -0.1) is 11.6 Å². The number of carbonyl (C=O) groups is 1. The van der Waals surface area contributed by atoms with Crippen molar-refractivity contribution in [3.63, 3.8) is 0 Å². The van der Waals surface area contributed by atoms with E-state index in [0.717, 1.165) is 16.7 Å². The summed E-state index contributed by atoms with van der Waals surface area (Å²) in [5.74, 6) is 1.18. The Morgan fingerprint density at radius 1 is 1.47 bits per heavy atom. The first-order valence-electron chi connectivity index (χ1n) is 5.59. The number of Topliss-reactive ketones (excluding diaryl/α,β-unsaturated/α-hetero) is 1. The molecule has 17 heavy (non-hydrogen) atoms. The highest BCUT2D eigenvalue weighted by molar-refractivity contribution is 6.20. The standard InChI is InChI=1S/C13H14ClNO2/c1-2-17-9-3-4-12-10(7-9)11(8-15-12)13(16)5-6-14/h3-4,7-8,15H,2,5-6H2,1H3. The van der Waals surface area contributed by atoms with Crippen LogP contribution in [0.5, 0.6) is 5.75 Å². The first-order valence-corrected chi connectivity index (χ1v) is 6.12. The molecule has 0 aliphatic carbocycles. The summed E-state index contributed by atoms with van der Waals surface area (Å²) < 4.78 is 5.43. The van der Waals surface area contributed by atoms with E-state index in [1.165, 1.54) is 0 Å². The van der Waals surface area contributed by atoms with Crippen molar-refractivity contribution in [3.8, 4) is 5.75 Å². The minimum atomic E-state index is 0.0555. The summed E-state index contributed by atoms with van der Waals surface area (Å²) in [5.41, 5.74) is 1.62. The summed E-state index contributed by atoms with van der Waals surface area (Å²) in [4.78, 5) is 14.9. The van der Waals surface area contributed by atoms with E-state index in [1.54, 1.807) is 6.20 Å². The number of carbonyl (C=O) groups excluding carboxylic acids is 1. The van der Waals surface area contributed by atoms with Crippen LogP contribution in [-0.2, 0) is 0 Å². The lowest BCUT2D eigenvalue weighted by Crippen LogP contribution is -1.98. The van der Waals surface area contributed by atoms with Crippen LogP contribution in [0.1, 0.15) is 23.7 Å². The van der Waals surface area contributed by atoms with Crippen molar-refractivity contribution >= 4 is 28.3 Å². The van der Waals surface area contributed by atoms with E-state index < -0.39 is 0 Å². The smallest absolute Gasteiger partial charge is 0.166 e. The molecular weight excluding hydrogens is 238 g/mol. The van der Waals surface area contributed by atoms with Gasteiger partial charge in [-0.05, 0) is 25.1 Å². The molecule has 4 heteroatoms. The predicted octanol–water partition coefficient (Wildman–Crippen LogP) is 3.38. The van der Waals surface area contributed by atoms with Gasteiger partial charge < -0.3 is 9.72 Å². The number of aromatic nitrogens is 1. The molecule has 2 aromatic rings. The molecule has 0 spiro atoms. The molecule has 0 amide bonds. The number of benzene rings is 1. The van der Waals surface area contributed by atoms with E-state index in [0.29, 0.717) is 24.5 Å². The minimum absolute atomic E-state index is 0.0555. The molecule has 0 unspecified atom stereocenters. The van der Waals surface area contributed by atoms with E-state index in [9.17, 15) is 4.79 Å². The van der Waals surface area contributed by atoms with Gasteiger partial charge in [-0.2, -0.15) is 0 Å². The Bertz CT molecular complexity index is 533. The Morgan fingerprint density at radius 2 is 2.29 bits per heavy atom. The van der Waals surface area contributed by atoms with Crippen LogP contribution in [-0.4, -0.2) is 23.3 Å². The molecular formula is C13H14ClNO2. The zero-order valence-corrected chi connectivity index (χ0v) is 10.4. The number of nitrogens with one attached hydrogen (secondary N) is 1. The monoisotopic (exact) mass is 251 g/mol. The van der Waals surface area contributed by atoms with Crippen LogP contribution in [0.4, 0.5) is 0 Å². The molecule has 0 radical (unpaired) electrons. The highest BCUT2D eigenvalue weighted by atomic mass is 35.5. The second kappa shape index (κ2) is 5.23. The predicted molar refractivity (Wildman–Crippen MR) is 69.1 cm³/mol. The molecule has 0 saturated carbocycles. The fourth-order valence-electron chi connectivity index (χ4n) is 1.81.